The summed E-state index contributed by atoms with van der Waals surface area (Å²) < 4.78 is 13.1. The average Bonchev–Trinajstić information content (AvgIpc) is 2.90. The molecule has 0 bridgehead atoms. The van der Waals surface area contributed by atoms with Gasteiger partial charge in [-0.25, -0.2) is 4.39 Å². The quantitative estimate of drug-likeness (QED) is 0.827. The van der Waals surface area contributed by atoms with E-state index in [1.54, 1.807) is 17.0 Å². The van der Waals surface area contributed by atoms with Gasteiger partial charge in [0, 0.05) is 12.1 Å². The SMILES string of the molecule is C=C(c1ccccc1)N1C(=O)CC[C@H]1c1ccc(F)cc1. The lowest BCUT2D eigenvalue weighted by molar-refractivity contribution is -0.125. The van der Waals surface area contributed by atoms with Crippen molar-refractivity contribution in [1.29, 1.82) is 0 Å². The third-order valence-electron chi connectivity index (χ3n) is 3.86. The van der Waals surface area contributed by atoms with Crippen molar-refractivity contribution in [1.82, 2.24) is 4.90 Å². The van der Waals surface area contributed by atoms with Crippen LogP contribution < -0.4 is 0 Å². The predicted octanol–water partition coefficient (Wildman–Crippen LogP) is 4.16. The number of benzene rings is 2. The standard InChI is InChI=1S/C18H16FNO/c1-13(14-5-3-2-4-6-14)20-17(11-12-18(20)21)15-7-9-16(19)10-8-15/h2-10,17H,1,11-12H2/t17-/m0/s1. The van der Waals surface area contributed by atoms with Gasteiger partial charge in [-0.1, -0.05) is 49.0 Å². The Labute approximate surface area is 123 Å². The first-order valence-corrected chi connectivity index (χ1v) is 6.98. The van der Waals surface area contributed by atoms with E-state index in [0.717, 1.165) is 17.5 Å². The van der Waals surface area contributed by atoms with Crippen molar-refractivity contribution in [2.24, 2.45) is 0 Å². The van der Waals surface area contributed by atoms with Crippen LogP contribution in [-0.4, -0.2) is 10.8 Å². The molecular formula is C18H16FNO. The Kier molecular flexibility index (Phi) is 3.57. The Hall–Kier alpha value is -2.42. The van der Waals surface area contributed by atoms with Gasteiger partial charge in [-0.05, 0) is 29.7 Å². The van der Waals surface area contributed by atoms with E-state index in [-0.39, 0.29) is 17.8 Å². The number of likely N-dealkylation sites (tertiary alicyclic amines) is 1. The fraction of sp³-hybridized carbons (Fsp3) is 0.167. The molecule has 0 saturated carbocycles. The molecule has 2 aromatic rings. The molecule has 106 valence electrons. The van der Waals surface area contributed by atoms with Crippen molar-refractivity contribution in [3.8, 4) is 0 Å². The summed E-state index contributed by atoms with van der Waals surface area (Å²) in [5, 5.41) is 0. The van der Waals surface area contributed by atoms with Crippen molar-refractivity contribution in [3.05, 3.63) is 78.1 Å². The third kappa shape index (κ3) is 2.59. The van der Waals surface area contributed by atoms with Crippen LogP contribution in [-0.2, 0) is 4.79 Å². The summed E-state index contributed by atoms with van der Waals surface area (Å²) >= 11 is 0. The highest BCUT2D eigenvalue weighted by atomic mass is 19.1. The number of halogens is 1. The van der Waals surface area contributed by atoms with E-state index in [1.807, 2.05) is 30.3 Å². The first-order chi connectivity index (χ1) is 10.2. The van der Waals surface area contributed by atoms with Crippen molar-refractivity contribution in [2.45, 2.75) is 18.9 Å². The van der Waals surface area contributed by atoms with E-state index in [2.05, 4.69) is 6.58 Å². The highest BCUT2D eigenvalue weighted by Gasteiger charge is 2.34. The number of hydrogen-bond donors (Lipinski definition) is 0. The van der Waals surface area contributed by atoms with E-state index in [1.165, 1.54) is 12.1 Å². The van der Waals surface area contributed by atoms with Gasteiger partial charge in [0.1, 0.15) is 5.82 Å². The second kappa shape index (κ2) is 5.52. The Balaban J connectivity index is 1.93. The molecule has 2 nitrogen and oxygen atoms in total. The van der Waals surface area contributed by atoms with E-state index in [4.69, 9.17) is 0 Å². The third-order valence-corrected chi connectivity index (χ3v) is 3.86. The van der Waals surface area contributed by atoms with Crippen LogP contribution in [0.25, 0.3) is 5.70 Å². The predicted molar refractivity (Wildman–Crippen MR) is 80.7 cm³/mol. The molecule has 1 atom stereocenters. The summed E-state index contributed by atoms with van der Waals surface area (Å²) in [5.41, 5.74) is 2.58. The minimum Gasteiger partial charge on any atom is -0.305 e. The van der Waals surface area contributed by atoms with Gasteiger partial charge in [-0.3, -0.25) is 4.79 Å². The van der Waals surface area contributed by atoms with Gasteiger partial charge in [0.15, 0.2) is 0 Å². The monoisotopic (exact) mass is 281 g/mol. The number of rotatable bonds is 3. The minimum absolute atomic E-state index is 0.0641. The van der Waals surface area contributed by atoms with Gasteiger partial charge in [-0.15, -0.1) is 0 Å². The molecule has 21 heavy (non-hydrogen) atoms. The molecule has 0 spiro atoms. The number of carbonyl (C=O) groups excluding carboxylic acids is 1. The molecule has 1 fully saturated rings. The first kappa shape index (κ1) is 13.6. The first-order valence-electron chi connectivity index (χ1n) is 6.98. The van der Waals surface area contributed by atoms with Gasteiger partial charge >= 0.3 is 0 Å². The van der Waals surface area contributed by atoms with Gasteiger partial charge in [0.2, 0.25) is 5.91 Å². The molecule has 0 N–H and O–H groups in total. The molecule has 3 heteroatoms. The molecule has 3 rings (SSSR count). The molecule has 1 aliphatic rings. The highest BCUT2D eigenvalue weighted by Crippen LogP contribution is 2.38. The summed E-state index contributed by atoms with van der Waals surface area (Å²) in [6, 6.07) is 15.9. The fourth-order valence-electron chi connectivity index (χ4n) is 2.79. The van der Waals surface area contributed by atoms with Crippen LogP contribution >= 0.6 is 0 Å². The molecular weight excluding hydrogens is 265 g/mol. The molecule has 1 amide bonds. The smallest absolute Gasteiger partial charge is 0.227 e. The lowest BCUT2D eigenvalue weighted by atomic mass is 10.0. The number of hydrogen-bond acceptors (Lipinski definition) is 1. The summed E-state index contributed by atoms with van der Waals surface area (Å²) in [6.07, 6.45) is 1.23. The molecule has 0 unspecified atom stereocenters. The highest BCUT2D eigenvalue weighted by molar-refractivity contribution is 5.88. The number of nitrogens with zero attached hydrogens (tertiary/aromatic N) is 1. The fourth-order valence-corrected chi connectivity index (χ4v) is 2.79. The van der Waals surface area contributed by atoms with Gasteiger partial charge in [0.05, 0.1) is 6.04 Å². The van der Waals surface area contributed by atoms with E-state index >= 15 is 0 Å². The Bertz CT molecular complexity index is 663. The van der Waals surface area contributed by atoms with Crippen molar-refractivity contribution >= 4 is 11.6 Å². The molecule has 2 aromatic carbocycles. The van der Waals surface area contributed by atoms with Crippen LogP contribution in [0.4, 0.5) is 4.39 Å². The normalized spacial score (nSPS) is 18.0. The van der Waals surface area contributed by atoms with Crippen LogP contribution in [0.2, 0.25) is 0 Å². The molecule has 0 radical (unpaired) electrons. The largest absolute Gasteiger partial charge is 0.305 e. The van der Waals surface area contributed by atoms with Crippen LogP contribution in [0, 0.1) is 5.82 Å². The summed E-state index contributed by atoms with van der Waals surface area (Å²) in [5.74, 6) is -0.199. The average molecular weight is 281 g/mol. The topological polar surface area (TPSA) is 20.3 Å². The molecule has 1 saturated heterocycles. The maximum Gasteiger partial charge on any atom is 0.227 e. The van der Waals surface area contributed by atoms with E-state index < -0.39 is 0 Å². The van der Waals surface area contributed by atoms with Gasteiger partial charge in [0.25, 0.3) is 0 Å². The summed E-state index contributed by atoms with van der Waals surface area (Å²) in [4.78, 5) is 14.0. The number of carbonyl (C=O) groups is 1. The number of amides is 1. The summed E-state index contributed by atoms with van der Waals surface area (Å²) in [6.45, 7) is 4.08. The van der Waals surface area contributed by atoms with Crippen molar-refractivity contribution in [2.75, 3.05) is 0 Å². The van der Waals surface area contributed by atoms with Crippen LogP contribution in [0.5, 0.6) is 0 Å². The van der Waals surface area contributed by atoms with Crippen LogP contribution in [0.3, 0.4) is 0 Å². The maximum atomic E-state index is 13.1. The Morgan fingerprint density at radius 3 is 2.43 bits per heavy atom. The lowest BCUT2D eigenvalue weighted by Gasteiger charge is -2.27. The molecule has 0 aromatic heterocycles. The van der Waals surface area contributed by atoms with Crippen LogP contribution in [0.15, 0.2) is 61.2 Å². The minimum atomic E-state index is -0.267. The lowest BCUT2D eigenvalue weighted by Crippen LogP contribution is -2.25. The second-order valence-electron chi connectivity index (χ2n) is 5.18. The van der Waals surface area contributed by atoms with Crippen LogP contribution in [0.1, 0.15) is 30.0 Å². The zero-order chi connectivity index (χ0) is 14.8. The zero-order valence-electron chi connectivity index (χ0n) is 11.6. The molecule has 0 aliphatic carbocycles. The summed E-state index contributed by atoms with van der Waals surface area (Å²) in [7, 11) is 0. The Morgan fingerprint density at radius 1 is 1.10 bits per heavy atom. The van der Waals surface area contributed by atoms with Crippen molar-refractivity contribution in [3.63, 3.8) is 0 Å². The van der Waals surface area contributed by atoms with E-state index in [9.17, 15) is 9.18 Å². The maximum absolute atomic E-state index is 13.1. The second-order valence-corrected chi connectivity index (χ2v) is 5.18. The molecule has 1 heterocycles. The van der Waals surface area contributed by atoms with E-state index in [0.29, 0.717) is 12.1 Å². The van der Waals surface area contributed by atoms with Crippen molar-refractivity contribution < 1.29 is 9.18 Å². The Morgan fingerprint density at radius 2 is 1.76 bits per heavy atom. The van der Waals surface area contributed by atoms with Gasteiger partial charge in [-0.2, -0.15) is 0 Å². The molecule has 1 aliphatic heterocycles. The van der Waals surface area contributed by atoms with Gasteiger partial charge < -0.3 is 4.90 Å². The zero-order valence-corrected chi connectivity index (χ0v) is 11.6.